The van der Waals surface area contributed by atoms with Crippen molar-refractivity contribution in [3.63, 3.8) is 0 Å². The normalized spacial score (nSPS) is 13.0. The first-order valence-corrected chi connectivity index (χ1v) is 12.5. The van der Waals surface area contributed by atoms with Crippen LogP contribution in [0.2, 0.25) is 0 Å². The number of nitrogens with zero attached hydrogens (tertiary/aromatic N) is 4. The van der Waals surface area contributed by atoms with Crippen LogP contribution in [0.3, 0.4) is 0 Å². The van der Waals surface area contributed by atoms with Crippen LogP contribution in [0.15, 0.2) is 41.6 Å². The van der Waals surface area contributed by atoms with Gasteiger partial charge in [-0.3, -0.25) is 9.55 Å². The smallest absolute Gasteiger partial charge is 0.404 e. The molecule has 37 heavy (non-hydrogen) atoms. The zero-order valence-electron chi connectivity index (χ0n) is 18.8. The number of benzene rings is 1. The molecule has 0 saturated carbocycles. The average Bonchev–Trinajstić information content (AvgIpc) is 3.41. The lowest BCUT2D eigenvalue weighted by molar-refractivity contribution is -0.147. The van der Waals surface area contributed by atoms with Gasteiger partial charge in [-0.1, -0.05) is 11.3 Å². The predicted molar refractivity (Wildman–Crippen MR) is 124 cm³/mol. The van der Waals surface area contributed by atoms with Crippen LogP contribution in [0.1, 0.15) is 27.7 Å². The summed E-state index contributed by atoms with van der Waals surface area (Å²) in [5.74, 6) is -1.84. The third-order valence-corrected chi connectivity index (χ3v) is 7.86. The number of fused-ring (bicyclic) bond motifs is 1. The molecule has 2 N–H and O–H groups in total. The third-order valence-electron chi connectivity index (χ3n) is 5.37. The SMILES string of the molecule is Cc1cc2c(cc1F)c(C#N)c(-c1ccc(S(=O)(=O)N[C@@H](C)C(F)(F)F)cn1)n2-c1ncc(C(=O)O)s1. The molecule has 0 aliphatic rings. The molecule has 0 aliphatic heterocycles. The summed E-state index contributed by atoms with van der Waals surface area (Å²) in [5.41, 5.74) is 0.579. The number of nitrogens with one attached hydrogen (secondary N) is 1. The Labute approximate surface area is 210 Å². The van der Waals surface area contributed by atoms with E-state index in [1.165, 1.54) is 28.3 Å². The largest absolute Gasteiger partial charge is 0.477 e. The Morgan fingerprint density at radius 1 is 1.24 bits per heavy atom. The van der Waals surface area contributed by atoms with Crippen LogP contribution < -0.4 is 4.72 Å². The first kappa shape index (κ1) is 26.2. The molecular formula is C22H15F4N5O4S2. The summed E-state index contributed by atoms with van der Waals surface area (Å²) in [4.78, 5) is 18.9. The molecule has 4 rings (SSSR count). The molecule has 0 bridgehead atoms. The van der Waals surface area contributed by atoms with Gasteiger partial charge in [0.15, 0.2) is 5.13 Å². The van der Waals surface area contributed by atoms with Crippen LogP contribution in [-0.4, -0.2) is 46.2 Å². The molecule has 3 heterocycles. The van der Waals surface area contributed by atoms with Gasteiger partial charge in [-0.15, -0.1) is 0 Å². The molecule has 1 aromatic carbocycles. The predicted octanol–water partition coefficient (Wildman–Crippen LogP) is 4.40. The van der Waals surface area contributed by atoms with E-state index in [0.717, 1.165) is 35.9 Å². The van der Waals surface area contributed by atoms with Crippen LogP contribution in [0.5, 0.6) is 0 Å². The number of hydrogen-bond donors (Lipinski definition) is 2. The second-order valence-corrected chi connectivity index (χ2v) is 10.6. The maximum absolute atomic E-state index is 14.4. The van der Waals surface area contributed by atoms with Gasteiger partial charge in [-0.05, 0) is 43.7 Å². The number of alkyl halides is 3. The molecule has 192 valence electrons. The van der Waals surface area contributed by atoms with Crippen LogP contribution in [-0.2, 0) is 10.0 Å². The minimum absolute atomic E-state index is 0.0145. The van der Waals surface area contributed by atoms with Gasteiger partial charge in [0.25, 0.3) is 0 Å². The maximum Gasteiger partial charge on any atom is 0.404 e. The highest BCUT2D eigenvalue weighted by molar-refractivity contribution is 7.89. The molecular weight excluding hydrogens is 538 g/mol. The van der Waals surface area contributed by atoms with E-state index in [9.17, 15) is 41.1 Å². The highest BCUT2D eigenvalue weighted by Crippen LogP contribution is 2.37. The average molecular weight is 554 g/mol. The Hall–Kier alpha value is -3.87. The number of sulfonamides is 1. The lowest BCUT2D eigenvalue weighted by atomic mass is 10.1. The molecule has 3 aromatic heterocycles. The number of carboxylic acid groups (broad SMARTS) is 1. The fourth-order valence-electron chi connectivity index (χ4n) is 3.48. The molecule has 0 unspecified atom stereocenters. The summed E-state index contributed by atoms with van der Waals surface area (Å²) in [6, 6.07) is 4.38. The van der Waals surface area contributed by atoms with Crippen molar-refractivity contribution >= 4 is 38.2 Å². The number of aromatic carboxylic acids is 1. The van der Waals surface area contributed by atoms with Crippen molar-refractivity contribution in [2.75, 3.05) is 0 Å². The van der Waals surface area contributed by atoms with Crippen LogP contribution in [0.25, 0.3) is 27.4 Å². The Balaban J connectivity index is 1.92. The fourth-order valence-corrected chi connectivity index (χ4v) is 5.43. The van der Waals surface area contributed by atoms with Crippen molar-refractivity contribution in [2.24, 2.45) is 0 Å². The summed E-state index contributed by atoms with van der Waals surface area (Å²) in [6.07, 6.45) is -2.88. The van der Waals surface area contributed by atoms with Gasteiger partial charge in [-0.2, -0.15) is 23.2 Å². The number of carbonyl (C=O) groups is 1. The molecule has 15 heteroatoms. The second-order valence-electron chi connectivity index (χ2n) is 7.87. The number of rotatable bonds is 6. The number of pyridine rings is 1. The lowest BCUT2D eigenvalue weighted by Crippen LogP contribution is -2.42. The van der Waals surface area contributed by atoms with Crippen molar-refractivity contribution in [3.05, 3.63) is 58.5 Å². The van der Waals surface area contributed by atoms with E-state index in [4.69, 9.17) is 0 Å². The topological polar surface area (TPSA) is 138 Å². The highest BCUT2D eigenvalue weighted by Gasteiger charge is 2.39. The molecule has 0 saturated heterocycles. The summed E-state index contributed by atoms with van der Waals surface area (Å²) in [5, 5.41) is 19.5. The van der Waals surface area contributed by atoms with E-state index < -0.39 is 38.9 Å². The number of aryl methyl sites for hydroxylation is 1. The van der Waals surface area contributed by atoms with Gasteiger partial charge in [0.05, 0.1) is 28.7 Å². The number of nitriles is 1. The van der Waals surface area contributed by atoms with E-state index in [1.807, 2.05) is 6.07 Å². The molecule has 0 radical (unpaired) electrons. The number of thiazole rings is 1. The first-order chi connectivity index (χ1) is 17.2. The number of aromatic nitrogens is 3. The first-order valence-electron chi connectivity index (χ1n) is 10.2. The summed E-state index contributed by atoms with van der Waals surface area (Å²) in [6.45, 7) is 2.15. The van der Waals surface area contributed by atoms with Gasteiger partial charge in [0, 0.05) is 11.6 Å². The second kappa shape index (κ2) is 9.21. The number of hydrogen-bond acceptors (Lipinski definition) is 7. The Bertz CT molecular complexity index is 1690. The molecule has 0 amide bonds. The van der Waals surface area contributed by atoms with E-state index in [-0.39, 0.29) is 37.9 Å². The van der Waals surface area contributed by atoms with E-state index in [2.05, 4.69) is 9.97 Å². The molecule has 4 aromatic rings. The minimum atomic E-state index is -4.81. The zero-order valence-corrected chi connectivity index (χ0v) is 20.5. The highest BCUT2D eigenvalue weighted by atomic mass is 32.2. The van der Waals surface area contributed by atoms with E-state index in [1.54, 1.807) is 0 Å². The summed E-state index contributed by atoms with van der Waals surface area (Å²) < 4.78 is 80.7. The minimum Gasteiger partial charge on any atom is -0.477 e. The molecule has 0 spiro atoms. The van der Waals surface area contributed by atoms with Crippen LogP contribution in [0, 0.1) is 24.1 Å². The van der Waals surface area contributed by atoms with Crippen LogP contribution in [0.4, 0.5) is 17.6 Å². The number of carboxylic acids is 1. The lowest BCUT2D eigenvalue weighted by Gasteiger charge is -2.17. The number of halogens is 4. The Kier molecular flexibility index (Phi) is 6.52. The van der Waals surface area contributed by atoms with Gasteiger partial charge in [-0.25, -0.2) is 22.6 Å². The molecule has 0 fully saturated rings. The van der Waals surface area contributed by atoms with Crippen molar-refractivity contribution < 1.29 is 35.9 Å². The van der Waals surface area contributed by atoms with Gasteiger partial charge in [0.1, 0.15) is 27.7 Å². The van der Waals surface area contributed by atoms with Crippen molar-refractivity contribution in [3.8, 4) is 22.6 Å². The monoisotopic (exact) mass is 553 g/mol. The quantitative estimate of drug-likeness (QED) is 0.338. The molecule has 1 atom stereocenters. The van der Waals surface area contributed by atoms with Gasteiger partial charge < -0.3 is 5.11 Å². The fraction of sp³-hybridized carbons (Fsp3) is 0.182. The van der Waals surface area contributed by atoms with Crippen molar-refractivity contribution in [1.29, 1.82) is 5.26 Å². The maximum atomic E-state index is 14.4. The van der Waals surface area contributed by atoms with E-state index >= 15 is 0 Å². The van der Waals surface area contributed by atoms with Crippen molar-refractivity contribution in [1.82, 2.24) is 19.3 Å². The molecule has 9 nitrogen and oxygen atoms in total. The standard InChI is InChI=1S/C22H15F4N5O4S2/c1-10-5-17-13(6-15(10)23)14(7-27)19(31(17)21-29-9-18(36-21)20(32)33)16-4-3-12(8-28-16)37(34,35)30-11(2)22(24,25)26/h3-6,8-9,11,30H,1-2H3,(H,32,33)/t11-/m0/s1. The summed E-state index contributed by atoms with van der Waals surface area (Å²) >= 11 is 0.777. The zero-order chi connectivity index (χ0) is 27.3. The van der Waals surface area contributed by atoms with Crippen LogP contribution >= 0.6 is 11.3 Å². The van der Waals surface area contributed by atoms with Gasteiger partial charge >= 0.3 is 12.1 Å². The van der Waals surface area contributed by atoms with Crippen molar-refractivity contribution in [2.45, 2.75) is 31.0 Å². The van der Waals surface area contributed by atoms with Gasteiger partial charge in [0.2, 0.25) is 10.0 Å². The Morgan fingerprint density at radius 3 is 2.49 bits per heavy atom. The molecule has 0 aliphatic carbocycles. The summed E-state index contributed by atoms with van der Waals surface area (Å²) in [7, 11) is -4.59. The van der Waals surface area contributed by atoms with E-state index in [0.29, 0.717) is 12.4 Å². The third kappa shape index (κ3) is 4.78. The Morgan fingerprint density at radius 2 is 1.95 bits per heavy atom.